The number of nitrogens with one attached hydrogen (secondary N) is 4. The van der Waals surface area contributed by atoms with Crippen LogP contribution in [0.1, 0.15) is 132 Å². The number of aliphatic hydroxyl groups is 1. The van der Waals surface area contributed by atoms with Crippen LogP contribution >= 0.6 is 0 Å². The molecule has 0 saturated carbocycles. The molecule has 8 amide bonds. The van der Waals surface area contributed by atoms with E-state index in [4.69, 9.17) is 24.7 Å². The molecule has 2 aromatic carbocycles. The third kappa shape index (κ3) is 20.2. The first-order valence-corrected chi connectivity index (χ1v) is 29.7. The highest BCUT2D eigenvalue weighted by atomic mass is 16.6. The lowest BCUT2D eigenvalue weighted by atomic mass is 9.91. The predicted molar refractivity (Wildman–Crippen MR) is 316 cm³/mol. The summed E-state index contributed by atoms with van der Waals surface area (Å²) < 4.78 is 22.6. The van der Waals surface area contributed by atoms with Gasteiger partial charge in [0.15, 0.2) is 11.9 Å². The van der Waals surface area contributed by atoms with Crippen molar-refractivity contribution < 1.29 is 76.8 Å². The van der Waals surface area contributed by atoms with Crippen molar-refractivity contribution in [2.75, 3.05) is 27.7 Å². The van der Waals surface area contributed by atoms with Crippen molar-refractivity contribution in [2.24, 2.45) is 35.3 Å². The van der Waals surface area contributed by atoms with Gasteiger partial charge < -0.3 is 65.8 Å². The number of carbonyl (C=O) groups is 11. The molecule has 2 heterocycles. The van der Waals surface area contributed by atoms with Crippen molar-refractivity contribution in [2.45, 2.75) is 194 Å². The van der Waals surface area contributed by atoms with E-state index in [9.17, 15) is 43.5 Å². The van der Waals surface area contributed by atoms with Crippen molar-refractivity contribution in [3.63, 3.8) is 0 Å². The fourth-order valence-electron chi connectivity index (χ4n) is 10.5. The zero-order valence-corrected chi connectivity index (χ0v) is 52.1. The minimum Gasteiger partial charge on any atom is -0.497 e. The maximum atomic E-state index is 15.1. The van der Waals surface area contributed by atoms with E-state index in [2.05, 4.69) is 21.3 Å². The number of likely N-dealkylation sites (N-methyl/N-ethyl adjacent to an activating group) is 2. The Morgan fingerprint density at radius 1 is 0.860 bits per heavy atom. The molecule has 7 N–H and O–H groups in total. The summed E-state index contributed by atoms with van der Waals surface area (Å²) in [5.41, 5.74) is 6.68. The molecule has 24 nitrogen and oxygen atoms in total. The fourth-order valence-corrected chi connectivity index (χ4v) is 10.5. The van der Waals surface area contributed by atoms with Gasteiger partial charge in [0.1, 0.15) is 54.7 Å². The predicted octanol–water partition coefficient (Wildman–Crippen LogP) is 3.51. The van der Waals surface area contributed by atoms with E-state index in [0.29, 0.717) is 29.7 Å². The van der Waals surface area contributed by atoms with Crippen molar-refractivity contribution in [3.8, 4) is 5.75 Å². The normalized spacial score (nSPS) is 24.4. The van der Waals surface area contributed by atoms with Crippen LogP contribution in [0, 0.1) is 29.6 Å². The molecule has 2 fully saturated rings. The lowest BCUT2D eigenvalue weighted by Gasteiger charge is -2.36. The van der Waals surface area contributed by atoms with E-state index in [-0.39, 0.29) is 63.5 Å². The van der Waals surface area contributed by atoms with E-state index in [1.54, 1.807) is 96.1 Å². The van der Waals surface area contributed by atoms with Crippen molar-refractivity contribution in [3.05, 3.63) is 65.7 Å². The van der Waals surface area contributed by atoms with Gasteiger partial charge in [-0.25, -0.2) is 9.59 Å². The Kier molecular flexibility index (Phi) is 27.5. The average molecular weight is 1210 g/mol. The monoisotopic (exact) mass is 1200 g/mol. The highest BCUT2D eigenvalue weighted by molar-refractivity contribution is 6.05. The molecular weight excluding hydrogens is 1110 g/mol. The zero-order valence-electron chi connectivity index (χ0n) is 52.1. The largest absolute Gasteiger partial charge is 0.497 e. The van der Waals surface area contributed by atoms with Gasteiger partial charge >= 0.3 is 18.0 Å². The quantitative estimate of drug-likeness (QED) is 0.0628. The molecule has 0 unspecified atom stereocenters. The van der Waals surface area contributed by atoms with Crippen LogP contribution in [0.15, 0.2) is 54.6 Å². The van der Waals surface area contributed by atoms with Crippen LogP contribution in [0.4, 0.5) is 4.79 Å². The summed E-state index contributed by atoms with van der Waals surface area (Å²) in [5.74, 6) is -11.2. The number of cyclic esters (lactones) is 2. The lowest BCUT2D eigenvalue weighted by molar-refractivity contribution is -0.163. The molecule has 4 rings (SSSR count). The number of nitrogens with two attached hydrogens (primary N) is 1. The smallest absolute Gasteiger partial charge is 0.408 e. The first-order chi connectivity index (χ1) is 40.5. The van der Waals surface area contributed by atoms with Gasteiger partial charge in [0.05, 0.1) is 31.6 Å². The summed E-state index contributed by atoms with van der Waals surface area (Å²) in [4.78, 5) is 160. The fraction of sp³-hybridized carbons (Fsp3) is 0.629. The van der Waals surface area contributed by atoms with E-state index in [1.165, 1.54) is 40.0 Å². The number of amides is 8. The number of esters is 2. The van der Waals surface area contributed by atoms with Crippen LogP contribution in [0.25, 0.3) is 0 Å². The summed E-state index contributed by atoms with van der Waals surface area (Å²) in [6, 6.07) is 5.65. The molecule has 86 heavy (non-hydrogen) atoms. The number of hydrogen-bond acceptors (Lipinski definition) is 16. The van der Waals surface area contributed by atoms with Crippen LogP contribution in [-0.2, 0) is 75.2 Å². The Morgan fingerprint density at radius 2 is 1.51 bits per heavy atom. The van der Waals surface area contributed by atoms with E-state index in [0.717, 1.165) is 9.80 Å². The zero-order chi connectivity index (χ0) is 64.3. The third-order valence-electron chi connectivity index (χ3n) is 15.8. The van der Waals surface area contributed by atoms with Crippen LogP contribution in [0.3, 0.4) is 0 Å². The molecule has 476 valence electrons. The van der Waals surface area contributed by atoms with Crippen LogP contribution in [0.5, 0.6) is 5.75 Å². The van der Waals surface area contributed by atoms with Gasteiger partial charge in [-0.3, -0.25) is 43.2 Å². The van der Waals surface area contributed by atoms with Crippen molar-refractivity contribution in [1.29, 1.82) is 0 Å². The lowest BCUT2D eigenvalue weighted by Crippen LogP contribution is -2.62. The molecule has 24 heteroatoms. The highest BCUT2D eigenvalue weighted by Gasteiger charge is 2.45. The Hall–Kier alpha value is -7.63. The van der Waals surface area contributed by atoms with E-state index < -0.39 is 150 Å². The molecule has 0 radical (unpaired) electrons. The number of aliphatic hydroxyl groups excluding tert-OH is 1. The number of nitrogens with zero attached hydrogens (tertiary/aromatic N) is 3. The second kappa shape index (κ2) is 33.3. The van der Waals surface area contributed by atoms with Gasteiger partial charge in [-0.1, -0.05) is 104 Å². The van der Waals surface area contributed by atoms with Gasteiger partial charge in [-0.15, -0.1) is 0 Å². The minimum absolute atomic E-state index is 0.0352. The number of fused-ring (bicyclic) bond motifs is 1. The first-order valence-electron chi connectivity index (χ1n) is 29.7. The molecule has 0 aliphatic carbocycles. The number of rotatable bonds is 20. The topological polar surface area (TPSA) is 329 Å². The van der Waals surface area contributed by atoms with Crippen molar-refractivity contribution >= 4 is 65.2 Å². The summed E-state index contributed by atoms with van der Waals surface area (Å²) in [5, 5.41) is 22.6. The molecule has 2 aliphatic rings. The molecule has 12 atom stereocenters. The third-order valence-corrected chi connectivity index (χ3v) is 15.8. The number of ether oxygens (including phenoxy) is 4. The molecule has 0 aromatic heterocycles. The van der Waals surface area contributed by atoms with Gasteiger partial charge in [0.2, 0.25) is 41.4 Å². The standard InChI is InChI=1S/C62H92N8O16/c1-14-37(8)51-48(71)32-50(73)86-54(36(6)7)53(74)38(9)55(75)64-44(29-34(2)3)59(79)70-28-18-21-45(70)60(80)69(12)47(31-40-22-24-42(83-13)25-23-40)61(81)85-39(10)52(57(77)66-51)67-56(76)46(30-35(4)5)68(11)58(78)43(26-27-49(63)72)65-62(82)84-33-41-19-16-15-17-20-41/h15-17,19-20,22-25,34-39,43-48,51-52,54,71H,14,18,21,26-33H2,1-13H3,(H2,63,72)(H,64,75)(H,65,82)(H,66,77)(H,67,76)/t37-,38-,39+,43-,44-,45-,46+,47-,48-,51+,52+,54-/m0/s1. The summed E-state index contributed by atoms with van der Waals surface area (Å²) in [7, 11) is 4.15. The van der Waals surface area contributed by atoms with E-state index >= 15 is 14.4 Å². The summed E-state index contributed by atoms with van der Waals surface area (Å²) >= 11 is 0. The molecular formula is C62H92N8O16. The second-order valence-electron chi connectivity index (χ2n) is 23.9. The summed E-state index contributed by atoms with van der Waals surface area (Å²) in [6.45, 7) is 16.5. The number of Topliss-reactive ketones (excluding diaryl/α,β-unsaturated/α-hetero) is 1. The number of methoxy groups -OCH3 is 1. The summed E-state index contributed by atoms with van der Waals surface area (Å²) in [6.07, 6.45) is -6.39. The van der Waals surface area contributed by atoms with Crippen LogP contribution in [0.2, 0.25) is 0 Å². The van der Waals surface area contributed by atoms with Gasteiger partial charge in [0, 0.05) is 33.5 Å². The number of hydrogen-bond donors (Lipinski definition) is 6. The first kappa shape index (κ1) is 70.9. The number of benzene rings is 2. The SMILES string of the molecule is CC[C@H](C)[C@H]1NC(=O)[C@H](NC(=O)[C@@H](CC(C)C)N(C)C(=O)[C@H](CCC(N)=O)NC(=O)OCc2ccccc2)[C@@H](C)OC(=O)[C@H](Cc2ccc(OC)cc2)N(C)C(=O)[C@@H]2CCCN2C(=O)[C@H](CC(C)C)NC(=O)[C@@H](C)C(=O)[C@H](C(C)C)OC(=O)C[C@@H]1O. The number of alkyl carbamates (subject to hydrolysis) is 1. The molecule has 2 aliphatic heterocycles. The van der Waals surface area contributed by atoms with E-state index in [1.807, 2.05) is 13.8 Å². The Balaban J connectivity index is 1.87. The van der Waals surface area contributed by atoms with Crippen LogP contribution in [-0.4, -0.2) is 173 Å². The maximum Gasteiger partial charge on any atom is 0.408 e. The minimum atomic E-state index is -1.84. The van der Waals surface area contributed by atoms with Crippen LogP contribution < -0.4 is 31.7 Å². The van der Waals surface area contributed by atoms with Gasteiger partial charge in [0.25, 0.3) is 0 Å². The number of carbonyl (C=O) groups excluding carboxylic acids is 11. The van der Waals surface area contributed by atoms with Gasteiger partial charge in [-0.05, 0) is 92.9 Å². The molecule has 2 aromatic rings. The number of ketones is 1. The maximum absolute atomic E-state index is 15.1. The molecule has 0 bridgehead atoms. The average Bonchev–Trinajstić information content (AvgIpc) is 2.36. The Labute approximate surface area is 505 Å². The second-order valence-corrected chi connectivity index (χ2v) is 23.9. The number of primary amides is 1. The Morgan fingerprint density at radius 3 is 2.09 bits per heavy atom. The highest BCUT2D eigenvalue weighted by Crippen LogP contribution is 2.26. The molecule has 0 spiro atoms. The van der Waals surface area contributed by atoms with Gasteiger partial charge in [-0.2, -0.15) is 0 Å². The Bertz CT molecular complexity index is 2670. The van der Waals surface area contributed by atoms with Crippen molar-refractivity contribution in [1.82, 2.24) is 36.0 Å². The molecule has 2 saturated heterocycles.